The Morgan fingerprint density at radius 3 is 2.59 bits per heavy atom. The number of nitrogens with zero attached hydrogens (tertiary/aromatic N) is 2. The van der Waals surface area contributed by atoms with Gasteiger partial charge in [0, 0.05) is 11.3 Å². The lowest BCUT2D eigenvalue weighted by atomic mass is 10.1. The molecule has 3 aromatic rings. The minimum atomic E-state index is -0.266. The van der Waals surface area contributed by atoms with Crippen LogP contribution in [0.25, 0.3) is 11.5 Å². The highest BCUT2D eigenvalue weighted by molar-refractivity contribution is 5.53. The van der Waals surface area contributed by atoms with Crippen LogP contribution < -0.4 is 5.32 Å². The van der Waals surface area contributed by atoms with Gasteiger partial charge in [0.25, 0.3) is 0 Å². The van der Waals surface area contributed by atoms with E-state index in [0.717, 1.165) is 16.8 Å². The number of aryl methyl sites for hydroxylation is 1. The van der Waals surface area contributed by atoms with Crippen LogP contribution in [0.5, 0.6) is 0 Å². The third-order valence-electron chi connectivity index (χ3n) is 3.30. The Morgan fingerprint density at radius 1 is 1.09 bits per heavy atom. The monoisotopic (exact) mass is 297 g/mol. The Kier molecular flexibility index (Phi) is 3.87. The van der Waals surface area contributed by atoms with Crippen LogP contribution in [0.4, 0.5) is 10.1 Å². The van der Waals surface area contributed by atoms with Gasteiger partial charge in [0.05, 0.1) is 0 Å². The van der Waals surface area contributed by atoms with Crippen molar-refractivity contribution in [3.63, 3.8) is 0 Å². The molecule has 1 atom stereocenters. The summed E-state index contributed by atoms with van der Waals surface area (Å²) in [5.41, 5.74) is 2.83. The minimum Gasteiger partial charge on any atom is -0.418 e. The average Bonchev–Trinajstić information content (AvgIpc) is 3.00. The maximum absolute atomic E-state index is 12.9. The molecule has 0 radical (unpaired) electrons. The molecule has 1 aromatic heterocycles. The topological polar surface area (TPSA) is 51.0 Å². The SMILES string of the molecule is Cc1cccc(-c2nnc([C@@H](C)Nc3ccc(F)cc3)o2)c1. The molecule has 3 rings (SSSR count). The van der Waals surface area contributed by atoms with Gasteiger partial charge < -0.3 is 9.73 Å². The highest BCUT2D eigenvalue weighted by Gasteiger charge is 2.15. The Bertz CT molecular complexity index is 768. The lowest BCUT2D eigenvalue weighted by Crippen LogP contribution is -2.06. The van der Waals surface area contributed by atoms with Crippen LogP contribution in [0.2, 0.25) is 0 Å². The van der Waals surface area contributed by atoms with Crippen molar-refractivity contribution >= 4 is 5.69 Å². The number of halogens is 1. The third-order valence-corrected chi connectivity index (χ3v) is 3.30. The van der Waals surface area contributed by atoms with Gasteiger partial charge in [0.15, 0.2) is 0 Å². The summed E-state index contributed by atoms with van der Waals surface area (Å²) in [4.78, 5) is 0. The molecule has 0 unspecified atom stereocenters. The largest absolute Gasteiger partial charge is 0.418 e. The van der Waals surface area contributed by atoms with Crippen LogP contribution in [-0.2, 0) is 0 Å². The molecule has 4 nitrogen and oxygen atoms in total. The summed E-state index contributed by atoms with van der Waals surface area (Å²) < 4.78 is 18.6. The van der Waals surface area contributed by atoms with Crippen LogP contribution in [0.15, 0.2) is 52.9 Å². The average molecular weight is 297 g/mol. The van der Waals surface area contributed by atoms with Crippen LogP contribution >= 0.6 is 0 Å². The van der Waals surface area contributed by atoms with Crippen molar-refractivity contribution in [3.8, 4) is 11.5 Å². The normalized spacial score (nSPS) is 12.1. The highest BCUT2D eigenvalue weighted by Crippen LogP contribution is 2.23. The molecule has 0 aliphatic rings. The van der Waals surface area contributed by atoms with Gasteiger partial charge in [0.2, 0.25) is 11.8 Å². The summed E-state index contributed by atoms with van der Waals surface area (Å²) in [6.45, 7) is 3.93. The molecule has 0 amide bonds. The van der Waals surface area contributed by atoms with Crippen molar-refractivity contribution in [2.45, 2.75) is 19.9 Å². The first-order chi connectivity index (χ1) is 10.6. The molecule has 0 fully saturated rings. The number of nitrogens with one attached hydrogen (secondary N) is 1. The van der Waals surface area contributed by atoms with Gasteiger partial charge in [-0.2, -0.15) is 0 Å². The van der Waals surface area contributed by atoms with Crippen LogP contribution in [0.3, 0.4) is 0 Å². The molecule has 0 aliphatic heterocycles. The van der Waals surface area contributed by atoms with E-state index in [1.54, 1.807) is 12.1 Å². The third kappa shape index (κ3) is 3.14. The number of hydrogen-bond acceptors (Lipinski definition) is 4. The number of hydrogen-bond donors (Lipinski definition) is 1. The van der Waals surface area contributed by atoms with E-state index in [0.29, 0.717) is 11.8 Å². The molecule has 2 aromatic carbocycles. The summed E-state index contributed by atoms with van der Waals surface area (Å²) in [6.07, 6.45) is 0. The standard InChI is InChI=1S/C17H16FN3O/c1-11-4-3-5-13(10-11)17-21-20-16(22-17)12(2)19-15-8-6-14(18)7-9-15/h3-10,12,19H,1-2H3/t12-/m1/s1. The van der Waals surface area contributed by atoms with Crippen molar-refractivity contribution < 1.29 is 8.81 Å². The van der Waals surface area contributed by atoms with Crippen LogP contribution in [0.1, 0.15) is 24.4 Å². The van der Waals surface area contributed by atoms with E-state index >= 15 is 0 Å². The molecule has 0 saturated heterocycles. The van der Waals surface area contributed by atoms with E-state index in [1.165, 1.54) is 12.1 Å². The lowest BCUT2D eigenvalue weighted by molar-refractivity contribution is 0.485. The second-order valence-corrected chi connectivity index (χ2v) is 5.19. The molecular weight excluding hydrogens is 281 g/mol. The van der Waals surface area contributed by atoms with Gasteiger partial charge in [-0.1, -0.05) is 17.7 Å². The van der Waals surface area contributed by atoms with Gasteiger partial charge in [0.1, 0.15) is 11.9 Å². The Balaban J connectivity index is 1.76. The number of rotatable bonds is 4. The molecule has 0 aliphatic carbocycles. The molecule has 0 spiro atoms. The maximum atomic E-state index is 12.9. The zero-order chi connectivity index (χ0) is 15.5. The van der Waals surface area contributed by atoms with E-state index in [2.05, 4.69) is 15.5 Å². The Labute approximate surface area is 128 Å². The van der Waals surface area contributed by atoms with E-state index in [4.69, 9.17) is 4.42 Å². The zero-order valence-electron chi connectivity index (χ0n) is 12.4. The number of anilines is 1. The predicted molar refractivity (Wildman–Crippen MR) is 82.9 cm³/mol. The fourth-order valence-corrected chi connectivity index (χ4v) is 2.16. The molecule has 1 heterocycles. The molecule has 22 heavy (non-hydrogen) atoms. The van der Waals surface area contributed by atoms with E-state index < -0.39 is 0 Å². The summed E-state index contributed by atoms with van der Waals surface area (Å²) in [7, 11) is 0. The van der Waals surface area contributed by atoms with Crippen molar-refractivity contribution in [1.29, 1.82) is 0 Å². The van der Waals surface area contributed by atoms with Gasteiger partial charge >= 0.3 is 0 Å². The number of benzene rings is 2. The molecule has 112 valence electrons. The molecule has 0 saturated carbocycles. The summed E-state index contributed by atoms with van der Waals surface area (Å²) in [6, 6.07) is 13.9. The van der Waals surface area contributed by atoms with Gasteiger partial charge in [-0.15, -0.1) is 10.2 Å². The molecular formula is C17H16FN3O. The second kappa shape index (κ2) is 5.97. The number of aromatic nitrogens is 2. The highest BCUT2D eigenvalue weighted by atomic mass is 19.1. The Hall–Kier alpha value is -2.69. The van der Waals surface area contributed by atoms with E-state index in [-0.39, 0.29) is 11.9 Å². The van der Waals surface area contributed by atoms with Crippen molar-refractivity contribution in [1.82, 2.24) is 10.2 Å². The second-order valence-electron chi connectivity index (χ2n) is 5.19. The molecule has 1 N–H and O–H groups in total. The van der Waals surface area contributed by atoms with Gasteiger partial charge in [-0.3, -0.25) is 0 Å². The first-order valence-corrected chi connectivity index (χ1v) is 7.04. The summed E-state index contributed by atoms with van der Waals surface area (Å²) in [5, 5.41) is 11.4. The van der Waals surface area contributed by atoms with Crippen molar-refractivity contribution in [2.75, 3.05) is 5.32 Å². The quantitative estimate of drug-likeness (QED) is 0.777. The zero-order valence-corrected chi connectivity index (χ0v) is 12.4. The van der Waals surface area contributed by atoms with Crippen molar-refractivity contribution in [2.24, 2.45) is 0 Å². The predicted octanol–water partition coefficient (Wildman–Crippen LogP) is 4.36. The fraction of sp³-hybridized carbons (Fsp3) is 0.176. The molecule has 5 heteroatoms. The van der Waals surface area contributed by atoms with Gasteiger partial charge in [-0.05, 0) is 50.2 Å². The smallest absolute Gasteiger partial charge is 0.247 e. The lowest BCUT2D eigenvalue weighted by Gasteiger charge is -2.11. The van der Waals surface area contributed by atoms with E-state index in [9.17, 15) is 4.39 Å². The van der Waals surface area contributed by atoms with Gasteiger partial charge in [-0.25, -0.2) is 4.39 Å². The first-order valence-electron chi connectivity index (χ1n) is 7.04. The fourth-order valence-electron chi connectivity index (χ4n) is 2.16. The summed E-state index contributed by atoms with van der Waals surface area (Å²) in [5.74, 6) is 0.713. The summed E-state index contributed by atoms with van der Waals surface area (Å²) >= 11 is 0. The molecule has 0 bridgehead atoms. The first kappa shape index (κ1) is 14.3. The van der Waals surface area contributed by atoms with Crippen molar-refractivity contribution in [3.05, 3.63) is 65.8 Å². The van der Waals surface area contributed by atoms with Crippen LogP contribution in [0, 0.1) is 12.7 Å². The maximum Gasteiger partial charge on any atom is 0.247 e. The Morgan fingerprint density at radius 2 is 1.86 bits per heavy atom. The minimum absolute atomic E-state index is 0.170. The van der Waals surface area contributed by atoms with Crippen LogP contribution in [-0.4, -0.2) is 10.2 Å². The van der Waals surface area contributed by atoms with E-state index in [1.807, 2.05) is 38.1 Å².